The summed E-state index contributed by atoms with van der Waals surface area (Å²) in [5.41, 5.74) is 1.01. The van der Waals surface area contributed by atoms with Gasteiger partial charge in [-0.3, -0.25) is 9.59 Å². The molecule has 0 N–H and O–H groups in total. The van der Waals surface area contributed by atoms with E-state index in [0.717, 1.165) is 17.6 Å². The molecule has 0 spiro atoms. The van der Waals surface area contributed by atoms with Gasteiger partial charge < -0.3 is 4.74 Å². The number of esters is 1. The van der Waals surface area contributed by atoms with Crippen LogP contribution < -0.4 is 4.90 Å². The summed E-state index contributed by atoms with van der Waals surface area (Å²) >= 11 is 0. The lowest BCUT2D eigenvalue weighted by Crippen LogP contribution is -2.36. The fraction of sp³-hybridized carbons (Fsp3) is 0.286. The fourth-order valence-corrected chi connectivity index (χ4v) is 2.68. The lowest BCUT2D eigenvalue weighted by atomic mass is 9.98. The topological polar surface area (TPSA) is 109 Å². The highest BCUT2D eigenvalue weighted by Crippen LogP contribution is 2.35. The van der Waals surface area contributed by atoms with Crippen molar-refractivity contribution in [3.8, 4) is 0 Å². The number of methoxy groups -OCH3 is 1. The van der Waals surface area contributed by atoms with Crippen molar-refractivity contribution in [2.24, 2.45) is 16.3 Å². The Morgan fingerprint density at radius 3 is 2.43 bits per heavy atom. The van der Waals surface area contributed by atoms with Gasteiger partial charge in [0.25, 0.3) is 5.91 Å². The zero-order valence-corrected chi connectivity index (χ0v) is 12.3. The van der Waals surface area contributed by atoms with Crippen molar-refractivity contribution in [1.29, 1.82) is 0 Å². The van der Waals surface area contributed by atoms with E-state index in [2.05, 4.69) is 15.1 Å². The Labute approximate surface area is 130 Å². The lowest BCUT2D eigenvalue weighted by Gasteiger charge is -2.16. The standard InChI is InChI=1S/C14H12N4O5/c1-7-3-5-8(6-4-7)17-12(19)9-10(14(21)23-2)15-18(16-22)11(9)13(17)20/h3-6,9,11H,1-2H3/t9-,11+/m1/s1. The lowest BCUT2D eigenvalue weighted by molar-refractivity contribution is -0.133. The van der Waals surface area contributed by atoms with E-state index < -0.39 is 29.7 Å². The number of aryl methyl sites for hydroxylation is 1. The molecule has 2 atom stereocenters. The number of benzene rings is 1. The summed E-state index contributed by atoms with van der Waals surface area (Å²) in [5.74, 6) is -3.38. The smallest absolute Gasteiger partial charge is 0.355 e. The minimum atomic E-state index is -1.25. The van der Waals surface area contributed by atoms with Gasteiger partial charge in [-0.05, 0) is 19.1 Å². The quantitative estimate of drug-likeness (QED) is 0.453. The maximum atomic E-state index is 12.6. The van der Waals surface area contributed by atoms with E-state index in [1.165, 1.54) is 0 Å². The normalized spacial score (nSPS) is 23.0. The largest absolute Gasteiger partial charge is 0.464 e. The molecule has 9 nitrogen and oxygen atoms in total. The summed E-state index contributed by atoms with van der Waals surface area (Å²) in [7, 11) is 1.12. The number of nitrogens with zero attached hydrogens (tertiary/aromatic N) is 4. The third kappa shape index (κ3) is 2.08. The summed E-state index contributed by atoms with van der Waals surface area (Å²) in [4.78, 5) is 48.7. The molecule has 2 amide bonds. The van der Waals surface area contributed by atoms with Gasteiger partial charge in [-0.2, -0.15) is 0 Å². The molecule has 9 heteroatoms. The number of ether oxygens (including phenoxy) is 1. The molecular formula is C14H12N4O5. The molecule has 0 aromatic heterocycles. The highest BCUT2D eigenvalue weighted by molar-refractivity contribution is 6.46. The Morgan fingerprint density at radius 2 is 1.87 bits per heavy atom. The van der Waals surface area contributed by atoms with Gasteiger partial charge in [-0.15, -0.1) is 15.1 Å². The van der Waals surface area contributed by atoms with Crippen molar-refractivity contribution in [1.82, 2.24) is 5.12 Å². The molecule has 0 radical (unpaired) electrons. The molecule has 0 aliphatic carbocycles. The number of carbonyl (C=O) groups is 3. The van der Waals surface area contributed by atoms with Crippen LogP contribution in [-0.4, -0.2) is 41.8 Å². The van der Waals surface area contributed by atoms with Crippen LogP contribution in [0.5, 0.6) is 0 Å². The molecule has 1 fully saturated rings. The van der Waals surface area contributed by atoms with Crippen molar-refractivity contribution >= 4 is 29.2 Å². The third-order valence-electron chi connectivity index (χ3n) is 3.80. The minimum Gasteiger partial charge on any atom is -0.464 e. The maximum Gasteiger partial charge on any atom is 0.355 e. The molecule has 0 saturated carbocycles. The molecule has 2 aliphatic rings. The Balaban J connectivity index is 2.03. The van der Waals surface area contributed by atoms with Gasteiger partial charge in [0.2, 0.25) is 5.91 Å². The number of carbonyl (C=O) groups excluding carboxylic acids is 3. The summed E-state index contributed by atoms with van der Waals surface area (Å²) in [6.45, 7) is 1.87. The number of hydrazone groups is 1. The van der Waals surface area contributed by atoms with Gasteiger partial charge in [0.1, 0.15) is 5.92 Å². The van der Waals surface area contributed by atoms with Gasteiger partial charge in [-0.1, -0.05) is 17.7 Å². The molecule has 2 heterocycles. The first-order valence-electron chi connectivity index (χ1n) is 6.73. The number of fused-ring (bicyclic) bond motifs is 1. The summed E-state index contributed by atoms with van der Waals surface area (Å²) in [6.07, 6.45) is 0. The fourth-order valence-electron chi connectivity index (χ4n) is 2.68. The molecule has 0 bridgehead atoms. The SMILES string of the molecule is COC(=O)C1=NN(N=O)[C@@H]2C(=O)N(c3ccc(C)cc3)C(=O)[C@H]12. The van der Waals surface area contributed by atoms with Gasteiger partial charge in [0.15, 0.2) is 11.8 Å². The average molecular weight is 316 g/mol. The predicted octanol–water partition coefficient (Wildman–Crippen LogP) is 0.379. The molecule has 23 heavy (non-hydrogen) atoms. The second-order valence-electron chi connectivity index (χ2n) is 5.15. The van der Waals surface area contributed by atoms with Crippen molar-refractivity contribution in [3.63, 3.8) is 0 Å². The van der Waals surface area contributed by atoms with Gasteiger partial charge in [-0.25, -0.2) is 9.69 Å². The molecule has 118 valence electrons. The number of imide groups is 1. The van der Waals surface area contributed by atoms with Crippen LogP contribution in [0, 0.1) is 17.7 Å². The molecule has 1 aromatic carbocycles. The first kappa shape index (κ1) is 14.8. The number of amides is 2. The van der Waals surface area contributed by atoms with Crippen molar-refractivity contribution in [3.05, 3.63) is 34.7 Å². The molecule has 0 unspecified atom stereocenters. The number of rotatable bonds is 3. The molecular weight excluding hydrogens is 304 g/mol. The van der Waals surface area contributed by atoms with E-state index in [-0.39, 0.29) is 5.71 Å². The Hall–Kier alpha value is -3.10. The van der Waals surface area contributed by atoms with E-state index in [1.807, 2.05) is 6.92 Å². The van der Waals surface area contributed by atoms with Crippen LogP contribution >= 0.6 is 0 Å². The minimum absolute atomic E-state index is 0.301. The van der Waals surface area contributed by atoms with Gasteiger partial charge in [0.05, 0.1) is 18.1 Å². The number of hydrogen-bond donors (Lipinski definition) is 0. The van der Waals surface area contributed by atoms with Crippen LogP contribution in [0.15, 0.2) is 34.7 Å². The maximum absolute atomic E-state index is 12.6. The molecule has 3 rings (SSSR count). The highest BCUT2D eigenvalue weighted by Gasteiger charge is 2.59. The van der Waals surface area contributed by atoms with Crippen molar-refractivity contribution in [2.45, 2.75) is 13.0 Å². The number of hydrogen-bond acceptors (Lipinski definition) is 7. The Morgan fingerprint density at radius 1 is 1.22 bits per heavy atom. The zero-order valence-electron chi connectivity index (χ0n) is 12.3. The molecule has 1 aromatic rings. The number of anilines is 1. The van der Waals surface area contributed by atoms with E-state index in [4.69, 9.17) is 0 Å². The number of nitroso groups, excluding NO2 is 1. The highest BCUT2D eigenvalue weighted by atomic mass is 16.5. The van der Waals surface area contributed by atoms with E-state index >= 15 is 0 Å². The van der Waals surface area contributed by atoms with Crippen molar-refractivity contribution < 1.29 is 19.1 Å². The van der Waals surface area contributed by atoms with Gasteiger partial charge in [0, 0.05) is 0 Å². The second kappa shape index (κ2) is 5.27. The summed E-state index contributed by atoms with van der Waals surface area (Å²) in [6, 6.07) is 5.46. The van der Waals surface area contributed by atoms with E-state index in [1.54, 1.807) is 24.3 Å². The second-order valence-corrected chi connectivity index (χ2v) is 5.15. The predicted molar refractivity (Wildman–Crippen MR) is 78.0 cm³/mol. The van der Waals surface area contributed by atoms with Gasteiger partial charge >= 0.3 is 5.97 Å². The van der Waals surface area contributed by atoms with Crippen LogP contribution in [0.25, 0.3) is 0 Å². The summed E-state index contributed by atoms with van der Waals surface area (Å²) in [5, 5.41) is 6.79. The van der Waals surface area contributed by atoms with Crippen LogP contribution in [0.2, 0.25) is 0 Å². The van der Waals surface area contributed by atoms with Crippen LogP contribution in [-0.2, 0) is 19.1 Å². The van der Waals surface area contributed by atoms with E-state index in [9.17, 15) is 19.3 Å². The zero-order chi connectivity index (χ0) is 16.7. The average Bonchev–Trinajstić information content (AvgIpc) is 3.05. The van der Waals surface area contributed by atoms with Crippen LogP contribution in [0.3, 0.4) is 0 Å². The molecule has 1 saturated heterocycles. The van der Waals surface area contributed by atoms with Crippen LogP contribution in [0.4, 0.5) is 5.69 Å². The Bertz CT molecular complexity index is 742. The molecule has 2 aliphatic heterocycles. The third-order valence-corrected chi connectivity index (χ3v) is 3.80. The van der Waals surface area contributed by atoms with Crippen LogP contribution in [0.1, 0.15) is 5.56 Å². The monoisotopic (exact) mass is 316 g/mol. The van der Waals surface area contributed by atoms with Crippen molar-refractivity contribution in [2.75, 3.05) is 12.0 Å². The first-order valence-corrected chi connectivity index (χ1v) is 6.73. The first-order chi connectivity index (χ1) is 11.0. The van der Waals surface area contributed by atoms with E-state index in [0.29, 0.717) is 10.8 Å². The summed E-state index contributed by atoms with van der Waals surface area (Å²) < 4.78 is 4.55. The Kier molecular flexibility index (Phi) is 3.40.